The molecule has 0 radical (unpaired) electrons. The van der Waals surface area contributed by atoms with Crippen molar-refractivity contribution >= 4 is 34.7 Å². The van der Waals surface area contributed by atoms with E-state index in [0.717, 1.165) is 40.7 Å². The number of halogens is 1. The van der Waals surface area contributed by atoms with Crippen molar-refractivity contribution in [2.75, 3.05) is 18.1 Å². The van der Waals surface area contributed by atoms with Gasteiger partial charge in [-0.1, -0.05) is 31.4 Å². The largest absolute Gasteiger partial charge is 0.427 e. The maximum absolute atomic E-state index is 11.8. The molecule has 1 amide bonds. The summed E-state index contributed by atoms with van der Waals surface area (Å²) in [6, 6.07) is 4.15. The number of ether oxygens (including phenoxy) is 1. The number of imidazole rings is 1. The molecule has 1 aliphatic carbocycles. The van der Waals surface area contributed by atoms with Crippen LogP contribution in [-0.4, -0.2) is 50.9 Å². The number of hydroxylamine groups is 1. The minimum absolute atomic E-state index is 0.175. The maximum Gasteiger partial charge on any atom is 0.427 e. The molecule has 38 heavy (non-hydrogen) atoms. The molecule has 1 unspecified atom stereocenters. The molecule has 3 aliphatic rings. The van der Waals surface area contributed by atoms with Gasteiger partial charge in [-0.25, -0.2) is 14.8 Å². The SMILES string of the molecule is CC1CCC(Cn2c(N3[C@H](C)COC[C@H]3C)nc3cc(C4NOC(=O)N4)nc(-c4cncc(Cl)c4)c32)CC1. The van der Waals surface area contributed by atoms with Crippen LogP contribution in [0.4, 0.5) is 10.7 Å². The first-order valence-corrected chi connectivity index (χ1v) is 13.9. The molecule has 202 valence electrons. The van der Waals surface area contributed by atoms with Crippen LogP contribution in [0.15, 0.2) is 24.5 Å². The smallest absolute Gasteiger partial charge is 0.377 e. The molecule has 2 saturated heterocycles. The third-order valence-electron chi connectivity index (χ3n) is 8.00. The van der Waals surface area contributed by atoms with Gasteiger partial charge in [0.15, 0.2) is 6.17 Å². The highest BCUT2D eigenvalue weighted by molar-refractivity contribution is 6.30. The van der Waals surface area contributed by atoms with Gasteiger partial charge in [-0.3, -0.25) is 10.3 Å². The van der Waals surface area contributed by atoms with E-state index in [1.165, 1.54) is 25.7 Å². The lowest BCUT2D eigenvalue weighted by Crippen LogP contribution is -2.51. The average molecular weight is 540 g/mol. The second-order valence-electron chi connectivity index (χ2n) is 11.0. The number of fused-ring (bicyclic) bond motifs is 1. The summed E-state index contributed by atoms with van der Waals surface area (Å²) < 4.78 is 8.21. The van der Waals surface area contributed by atoms with Crippen LogP contribution >= 0.6 is 11.6 Å². The Hall–Kier alpha value is -2.95. The summed E-state index contributed by atoms with van der Waals surface area (Å²) in [6.07, 6.45) is 7.14. The summed E-state index contributed by atoms with van der Waals surface area (Å²) in [5.41, 5.74) is 6.59. The predicted molar refractivity (Wildman–Crippen MR) is 145 cm³/mol. The van der Waals surface area contributed by atoms with Gasteiger partial charge in [0, 0.05) is 24.5 Å². The molecule has 11 heteroatoms. The molecule has 5 heterocycles. The van der Waals surface area contributed by atoms with Crippen molar-refractivity contribution in [2.45, 2.75) is 71.2 Å². The van der Waals surface area contributed by atoms with Gasteiger partial charge in [0.05, 0.1) is 52.7 Å². The maximum atomic E-state index is 11.8. The van der Waals surface area contributed by atoms with Crippen LogP contribution in [0.5, 0.6) is 0 Å². The number of nitrogens with one attached hydrogen (secondary N) is 2. The van der Waals surface area contributed by atoms with Crippen LogP contribution in [0.1, 0.15) is 58.3 Å². The zero-order valence-corrected chi connectivity index (χ0v) is 22.7. The molecule has 2 N–H and O–H groups in total. The van der Waals surface area contributed by atoms with Crippen molar-refractivity contribution in [3.8, 4) is 11.3 Å². The fourth-order valence-corrected chi connectivity index (χ4v) is 6.19. The first-order valence-electron chi connectivity index (χ1n) is 13.5. The molecule has 2 aliphatic heterocycles. The molecule has 6 rings (SSSR count). The summed E-state index contributed by atoms with van der Waals surface area (Å²) in [4.78, 5) is 33.7. The highest BCUT2D eigenvalue weighted by Crippen LogP contribution is 2.38. The number of nitrogens with zero attached hydrogens (tertiary/aromatic N) is 5. The van der Waals surface area contributed by atoms with Gasteiger partial charge in [-0.05, 0) is 50.7 Å². The Labute approximate surface area is 227 Å². The number of pyridine rings is 2. The quantitative estimate of drug-likeness (QED) is 0.475. The fraction of sp³-hybridized carbons (Fsp3) is 0.556. The molecule has 10 nitrogen and oxygen atoms in total. The van der Waals surface area contributed by atoms with E-state index >= 15 is 0 Å². The Kier molecular flexibility index (Phi) is 6.88. The molecule has 0 bridgehead atoms. The lowest BCUT2D eigenvalue weighted by molar-refractivity contribution is 0.0741. The van der Waals surface area contributed by atoms with E-state index in [0.29, 0.717) is 29.8 Å². The molecule has 3 aromatic heterocycles. The van der Waals surface area contributed by atoms with Crippen molar-refractivity contribution in [3.63, 3.8) is 0 Å². The Balaban J connectivity index is 1.55. The third kappa shape index (κ3) is 4.81. The first kappa shape index (κ1) is 25.3. The van der Waals surface area contributed by atoms with Gasteiger partial charge >= 0.3 is 6.09 Å². The van der Waals surface area contributed by atoms with E-state index in [-0.39, 0.29) is 12.1 Å². The van der Waals surface area contributed by atoms with E-state index in [1.807, 2.05) is 12.1 Å². The molecule has 1 saturated carbocycles. The van der Waals surface area contributed by atoms with E-state index in [2.05, 4.69) is 46.0 Å². The topological polar surface area (TPSA) is 106 Å². The lowest BCUT2D eigenvalue weighted by Gasteiger charge is -2.40. The molecule has 3 fully saturated rings. The zero-order chi connectivity index (χ0) is 26.4. The highest BCUT2D eigenvalue weighted by Gasteiger charge is 2.33. The van der Waals surface area contributed by atoms with E-state index in [9.17, 15) is 4.79 Å². The minimum atomic E-state index is -0.590. The Morgan fingerprint density at radius 1 is 1.05 bits per heavy atom. The Morgan fingerprint density at radius 3 is 2.50 bits per heavy atom. The Morgan fingerprint density at radius 2 is 1.82 bits per heavy atom. The summed E-state index contributed by atoms with van der Waals surface area (Å²) in [6.45, 7) is 8.88. The summed E-state index contributed by atoms with van der Waals surface area (Å²) >= 11 is 6.38. The number of carbonyl (C=O) groups is 1. The van der Waals surface area contributed by atoms with E-state index in [4.69, 9.17) is 31.1 Å². The summed E-state index contributed by atoms with van der Waals surface area (Å²) in [5, 5.41) is 3.28. The normalized spacial score (nSPS) is 27.9. The van der Waals surface area contributed by atoms with Gasteiger partial charge in [-0.15, -0.1) is 5.48 Å². The number of morpholine rings is 1. The lowest BCUT2D eigenvalue weighted by atomic mass is 9.83. The van der Waals surface area contributed by atoms with Crippen LogP contribution in [-0.2, 0) is 16.1 Å². The number of hydrogen-bond acceptors (Lipinski definition) is 8. The molecule has 3 atom stereocenters. The second-order valence-corrected chi connectivity index (χ2v) is 11.5. The monoisotopic (exact) mass is 539 g/mol. The number of carbonyl (C=O) groups excluding carboxylic acids is 1. The molecule has 3 aromatic rings. The number of anilines is 1. The summed E-state index contributed by atoms with van der Waals surface area (Å²) in [5.74, 6) is 2.26. The second kappa shape index (κ2) is 10.3. The van der Waals surface area contributed by atoms with Crippen molar-refractivity contribution in [2.24, 2.45) is 11.8 Å². The fourth-order valence-electron chi connectivity index (χ4n) is 6.02. The first-order chi connectivity index (χ1) is 18.4. The number of amides is 1. The van der Waals surface area contributed by atoms with Gasteiger partial charge < -0.3 is 19.0 Å². The van der Waals surface area contributed by atoms with Gasteiger partial charge in [0.25, 0.3) is 0 Å². The van der Waals surface area contributed by atoms with Gasteiger partial charge in [-0.2, -0.15) is 0 Å². The zero-order valence-electron chi connectivity index (χ0n) is 22.0. The third-order valence-corrected chi connectivity index (χ3v) is 8.21. The number of hydrogen-bond donors (Lipinski definition) is 2. The van der Waals surface area contributed by atoms with Crippen molar-refractivity contribution in [1.82, 2.24) is 30.3 Å². The molecular formula is C27H34ClN7O3. The molecule has 0 spiro atoms. The van der Waals surface area contributed by atoms with Crippen LogP contribution in [0.25, 0.3) is 22.3 Å². The van der Waals surface area contributed by atoms with Crippen molar-refractivity contribution < 1.29 is 14.4 Å². The van der Waals surface area contributed by atoms with E-state index in [1.54, 1.807) is 12.4 Å². The van der Waals surface area contributed by atoms with Crippen LogP contribution in [0.2, 0.25) is 5.02 Å². The Bertz CT molecular complexity index is 1330. The van der Waals surface area contributed by atoms with Crippen molar-refractivity contribution in [1.29, 1.82) is 0 Å². The number of aromatic nitrogens is 4. The predicted octanol–water partition coefficient (Wildman–Crippen LogP) is 4.83. The number of rotatable bonds is 5. The van der Waals surface area contributed by atoms with E-state index < -0.39 is 12.3 Å². The summed E-state index contributed by atoms with van der Waals surface area (Å²) in [7, 11) is 0. The van der Waals surface area contributed by atoms with Gasteiger partial charge in [0.2, 0.25) is 5.95 Å². The van der Waals surface area contributed by atoms with Crippen LogP contribution in [0.3, 0.4) is 0 Å². The van der Waals surface area contributed by atoms with Crippen LogP contribution < -0.4 is 15.7 Å². The minimum Gasteiger partial charge on any atom is -0.377 e. The average Bonchev–Trinajstić information content (AvgIpc) is 3.48. The highest BCUT2D eigenvalue weighted by atomic mass is 35.5. The molecular weight excluding hydrogens is 506 g/mol. The molecule has 0 aromatic carbocycles. The van der Waals surface area contributed by atoms with Crippen molar-refractivity contribution in [3.05, 3.63) is 35.2 Å². The van der Waals surface area contributed by atoms with Crippen LogP contribution in [0, 0.1) is 11.8 Å². The standard InChI is InChI=1S/C27H34ClN7O3/c1-15-4-6-18(7-5-15)12-34-24-21(31-26(34)35-16(2)13-37-14-17(35)3)9-22(25-32-27(36)38-33-25)30-23(24)19-8-20(28)11-29-10-19/h8-11,15-18,25,33H,4-7,12-14H2,1-3H3,(H,32,36)/t15?,16-,17-,18?,25?/m1/s1. The van der Waals surface area contributed by atoms with Gasteiger partial charge in [0.1, 0.15) is 0 Å².